The van der Waals surface area contributed by atoms with Gasteiger partial charge in [-0.05, 0) is 48.4 Å². The molecule has 5 heteroatoms. The first kappa shape index (κ1) is 23.1. The summed E-state index contributed by atoms with van der Waals surface area (Å²) in [6.45, 7) is 4.00. The Morgan fingerprint density at radius 3 is 2.45 bits per heavy atom. The number of unbranched alkanes of at least 4 members (excludes halogenated alkanes) is 7. The van der Waals surface area contributed by atoms with Crippen molar-refractivity contribution in [3.63, 3.8) is 0 Å². The van der Waals surface area contributed by atoms with E-state index in [2.05, 4.69) is 23.3 Å². The van der Waals surface area contributed by atoms with E-state index in [9.17, 15) is 9.18 Å². The molecule has 0 amide bonds. The van der Waals surface area contributed by atoms with Gasteiger partial charge in [-0.3, -0.25) is 9.78 Å². The fourth-order valence-corrected chi connectivity index (χ4v) is 4.01. The van der Waals surface area contributed by atoms with E-state index in [0.29, 0.717) is 10.9 Å². The van der Waals surface area contributed by atoms with Crippen molar-refractivity contribution in [2.24, 2.45) is 7.05 Å². The van der Waals surface area contributed by atoms with Crippen molar-refractivity contribution in [3.05, 3.63) is 64.5 Å². The average molecular weight is 424 g/mol. The zero-order chi connectivity index (χ0) is 22.1. The van der Waals surface area contributed by atoms with Crippen molar-refractivity contribution >= 4 is 10.9 Å². The summed E-state index contributed by atoms with van der Waals surface area (Å²) in [5.41, 5.74) is 2.83. The molecule has 0 radical (unpaired) electrons. The Kier molecular flexibility index (Phi) is 8.77. The molecule has 0 aliphatic rings. The van der Waals surface area contributed by atoms with Crippen LogP contribution < -0.4 is 10.9 Å². The molecule has 1 N–H and O–H groups in total. The van der Waals surface area contributed by atoms with Gasteiger partial charge in [-0.15, -0.1) is 0 Å². The molecule has 0 saturated carbocycles. The first-order chi connectivity index (χ1) is 15.1. The molecule has 2 aromatic heterocycles. The quantitative estimate of drug-likeness (QED) is 0.365. The lowest BCUT2D eigenvalue weighted by Gasteiger charge is -2.10. The van der Waals surface area contributed by atoms with Crippen LogP contribution in [0.2, 0.25) is 0 Å². The second kappa shape index (κ2) is 11.8. The number of aryl methyl sites for hydroxylation is 1. The normalized spacial score (nSPS) is 11.3. The Bertz CT molecular complexity index is 1040. The Hall–Kier alpha value is -2.53. The molecule has 0 fully saturated rings. The van der Waals surface area contributed by atoms with Gasteiger partial charge in [0.25, 0.3) is 5.56 Å². The maximum Gasteiger partial charge on any atom is 0.250 e. The zero-order valence-electron chi connectivity index (χ0n) is 18.8. The highest BCUT2D eigenvalue weighted by Gasteiger charge is 2.10. The van der Waals surface area contributed by atoms with E-state index in [-0.39, 0.29) is 5.56 Å². The highest BCUT2D eigenvalue weighted by molar-refractivity contribution is 5.85. The number of fused-ring (bicyclic) bond motifs is 1. The van der Waals surface area contributed by atoms with Crippen molar-refractivity contribution < 1.29 is 4.39 Å². The molecule has 0 aliphatic carbocycles. The van der Waals surface area contributed by atoms with E-state index >= 15 is 0 Å². The van der Waals surface area contributed by atoms with Gasteiger partial charge in [0.1, 0.15) is 5.82 Å². The lowest BCUT2D eigenvalue weighted by molar-refractivity contribution is 0.555. The monoisotopic (exact) mass is 423 g/mol. The summed E-state index contributed by atoms with van der Waals surface area (Å²) in [6.07, 6.45) is 14.1. The van der Waals surface area contributed by atoms with Crippen molar-refractivity contribution in [1.29, 1.82) is 0 Å². The molecule has 3 aromatic rings. The van der Waals surface area contributed by atoms with E-state index in [1.165, 1.54) is 68.1 Å². The number of hydrogen-bond acceptors (Lipinski definition) is 3. The summed E-state index contributed by atoms with van der Waals surface area (Å²) in [6, 6.07) is 8.58. The topological polar surface area (TPSA) is 46.9 Å². The minimum atomic E-state index is -0.397. The Balaban J connectivity index is 1.54. The maximum atomic E-state index is 14.7. The van der Waals surface area contributed by atoms with Gasteiger partial charge in [-0.2, -0.15) is 0 Å². The standard InChI is InChI=1S/C26H34FN3O/c1-3-4-5-6-7-8-9-10-13-28-17-20-14-23(19-29-18-20)22-15-21-11-12-25(31)30(2)26(21)24(27)16-22/h11-12,14-16,18-19,28H,3-10,13,17H2,1-2H3. The van der Waals surface area contributed by atoms with E-state index in [1.54, 1.807) is 19.3 Å². The summed E-state index contributed by atoms with van der Waals surface area (Å²) in [5.74, 6) is -0.397. The van der Waals surface area contributed by atoms with E-state index in [4.69, 9.17) is 0 Å². The molecule has 3 rings (SSSR count). The fraction of sp³-hybridized carbons (Fsp3) is 0.462. The Morgan fingerprint density at radius 1 is 0.935 bits per heavy atom. The minimum Gasteiger partial charge on any atom is -0.313 e. The van der Waals surface area contributed by atoms with Crippen LogP contribution in [0.25, 0.3) is 22.0 Å². The molecule has 0 spiro atoms. The lowest BCUT2D eigenvalue weighted by atomic mass is 10.0. The van der Waals surface area contributed by atoms with Crippen molar-refractivity contribution in [2.45, 2.75) is 64.8 Å². The van der Waals surface area contributed by atoms with Gasteiger partial charge in [0.15, 0.2) is 0 Å². The molecule has 0 atom stereocenters. The molecule has 0 aliphatic heterocycles. The summed E-state index contributed by atoms with van der Waals surface area (Å²) < 4.78 is 16.1. The molecule has 1 aromatic carbocycles. The highest BCUT2D eigenvalue weighted by atomic mass is 19.1. The fourth-order valence-electron chi connectivity index (χ4n) is 4.01. The van der Waals surface area contributed by atoms with Crippen LogP contribution in [0.3, 0.4) is 0 Å². The van der Waals surface area contributed by atoms with Crippen LogP contribution in [0.4, 0.5) is 4.39 Å². The van der Waals surface area contributed by atoms with Crippen molar-refractivity contribution in [3.8, 4) is 11.1 Å². The molecule has 0 unspecified atom stereocenters. The third kappa shape index (κ3) is 6.47. The number of nitrogens with one attached hydrogen (secondary N) is 1. The van der Waals surface area contributed by atoms with Gasteiger partial charge in [0.05, 0.1) is 5.52 Å². The van der Waals surface area contributed by atoms with Crippen molar-refractivity contribution in [2.75, 3.05) is 6.54 Å². The van der Waals surface area contributed by atoms with Crippen LogP contribution >= 0.6 is 0 Å². The highest BCUT2D eigenvalue weighted by Crippen LogP contribution is 2.26. The van der Waals surface area contributed by atoms with Gasteiger partial charge < -0.3 is 9.88 Å². The predicted molar refractivity (Wildman–Crippen MR) is 127 cm³/mol. The van der Waals surface area contributed by atoms with Gasteiger partial charge in [0.2, 0.25) is 0 Å². The van der Waals surface area contributed by atoms with E-state index < -0.39 is 5.82 Å². The molecule has 4 nitrogen and oxygen atoms in total. The third-order valence-corrected chi connectivity index (χ3v) is 5.83. The number of benzene rings is 1. The van der Waals surface area contributed by atoms with Crippen molar-refractivity contribution in [1.82, 2.24) is 14.9 Å². The Morgan fingerprint density at radius 2 is 1.68 bits per heavy atom. The smallest absolute Gasteiger partial charge is 0.250 e. The number of hydrogen-bond donors (Lipinski definition) is 1. The number of rotatable bonds is 12. The van der Waals surface area contributed by atoms with Gasteiger partial charge in [-0.1, -0.05) is 51.9 Å². The molecule has 0 bridgehead atoms. The van der Waals surface area contributed by atoms with Crippen LogP contribution in [0, 0.1) is 5.82 Å². The van der Waals surface area contributed by atoms with Crippen LogP contribution in [0.1, 0.15) is 63.9 Å². The van der Waals surface area contributed by atoms with Gasteiger partial charge in [-0.25, -0.2) is 4.39 Å². The average Bonchev–Trinajstić information content (AvgIpc) is 2.77. The van der Waals surface area contributed by atoms with Crippen LogP contribution in [0.15, 0.2) is 47.5 Å². The van der Waals surface area contributed by atoms with Crippen LogP contribution in [0.5, 0.6) is 0 Å². The first-order valence-corrected chi connectivity index (χ1v) is 11.5. The second-order valence-electron chi connectivity index (χ2n) is 8.36. The van der Waals surface area contributed by atoms with E-state index in [0.717, 1.165) is 29.8 Å². The number of pyridine rings is 2. The maximum absolute atomic E-state index is 14.7. The minimum absolute atomic E-state index is 0.217. The van der Waals surface area contributed by atoms with Gasteiger partial charge in [0, 0.05) is 43.0 Å². The molecule has 0 saturated heterocycles. The molecule has 31 heavy (non-hydrogen) atoms. The van der Waals surface area contributed by atoms with Crippen LogP contribution in [-0.2, 0) is 13.6 Å². The summed E-state index contributed by atoms with van der Waals surface area (Å²) in [7, 11) is 1.59. The Labute approximate surface area is 184 Å². The predicted octanol–water partition coefficient (Wildman–Crippen LogP) is 5.97. The number of aromatic nitrogens is 2. The number of nitrogens with zero attached hydrogens (tertiary/aromatic N) is 2. The van der Waals surface area contributed by atoms with Crippen LogP contribution in [-0.4, -0.2) is 16.1 Å². The van der Waals surface area contributed by atoms with Gasteiger partial charge >= 0.3 is 0 Å². The number of halogens is 1. The molecule has 2 heterocycles. The summed E-state index contributed by atoms with van der Waals surface area (Å²) in [5, 5.41) is 4.20. The largest absolute Gasteiger partial charge is 0.313 e. The summed E-state index contributed by atoms with van der Waals surface area (Å²) in [4.78, 5) is 16.1. The van der Waals surface area contributed by atoms with E-state index in [1.807, 2.05) is 12.3 Å². The SMILES string of the molecule is CCCCCCCCCCNCc1cncc(-c2cc(F)c3c(ccc(=O)n3C)c2)c1. The molecular weight excluding hydrogens is 389 g/mol. The lowest BCUT2D eigenvalue weighted by Crippen LogP contribution is -2.16. The first-order valence-electron chi connectivity index (χ1n) is 11.5. The second-order valence-corrected chi connectivity index (χ2v) is 8.36. The third-order valence-electron chi connectivity index (χ3n) is 5.83. The molecular formula is C26H34FN3O. The summed E-state index contributed by atoms with van der Waals surface area (Å²) >= 11 is 0. The zero-order valence-corrected chi connectivity index (χ0v) is 18.8. The molecule has 166 valence electrons.